The Morgan fingerprint density at radius 1 is 1.15 bits per heavy atom. The molecule has 2 aliphatic carbocycles. The Morgan fingerprint density at radius 2 is 1.96 bits per heavy atom. The average molecular weight is 356 g/mol. The predicted octanol–water partition coefficient (Wildman–Crippen LogP) is 3.66. The molecule has 2 fully saturated rings. The van der Waals surface area contributed by atoms with Gasteiger partial charge in [-0.3, -0.25) is 9.59 Å². The van der Waals surface area contributed by atoms with Crippen molar-refractivity contribution < 1.29 is 14.3 Å². The number of benzene rings is 1. The largest absolute Gasteiger partial charge is 0.466 e. The van der Waals surface area contributed by atoms with E-state index in [1.165, 1.54) is 24.1 Å². The van der Waals surface area contributed by atoms with E-state index >= 15 is 0 Å². The predicted molar refractivity (Wildman–Crippen MR) is 99.7 cm³/mol. The van der Waals surface area contributed by atoms with Crippen molar-refractivity contribution in [3.05, 3.63) is 29.8 Å². The van der Waals surface area contributed by atoms with E-state index in [2.05, 4.69) is 34.5 Å². The second-order valence-electron chi connectivity index (χ2n) is 7.71. The van der Waals surface area contributed by atoms with Crippen LogP contribution in [0, 0.1) is 5.92 Å². The molecule has 0 spiro atoms. The molecule has 5 nitrogen and oxygen atoms in total. The molecule has 1 N–H and O–H groups in total. The SMILES string of the molecule is CCOC(=O)CCC(=O)N(C1CC1)C1c2ccccc2NC2CCCC21. The Labute approximate surface area is 155 Å². The number of esters is 1. The van der Waals surface area contributed by atoms with E-state index in [0.29, 0.717) is 24.6 Å². The van der Waals surface area contributed by atoms with Gasteiger partial charge in [0.1, 0.15) is 0 Å². The van der Waals surface area contributed by atoms with Gasteiger partial charge < -0.3 is 15.0 Å². The highest BCUT2D eigenvalue weighted by Gasteiger charge is 2.47. The summed E-state index contributed by atoms with van der Waals surface area (Å²) in [6.45, 7) is 2.16. The molecular weight excluding hydrogens is 328 g/mol. The summed E-state index contributed by atoms with van der Waals surface area (Å²) in [4.78, 5) is 27.0. The summed E-state index contributed by atoms with van der Waals surface area (Å²) in [7, 11) is 0. The summed E-state index contributed by atoms with van der Waals surface area (Å²) in [6.07, 6.45) is 6.12. The lowest BCUT2D eigenvalue weighted by molar-refractivity contribution is -0.146. The van der Waals surface area contributed by atoms with Crippen LogP contribution in [0.5, 0.6) is 0 Å². The van der Waals surface area contributed by atoms with Gasteiger partial charge in [-0.25, -0.2) is 0 Å². The number of nitrogens with zero attached hydrogens (tertiary/aromatic N) is 1. The van der Waals surface area contributed by atoms with Gasteiger partial charge in [-0.15, -0.1) is 0 Å². The number of carbonyl (C=O) groups is 2. The van der Waals surface area contributed by atoms with Crippen LogP contribution < -0.4 is 5.32 Å². The normalized spacial score (nSPS) is 26.4. The van der Waals surface area contributed by atoms with E-state index in [1.54, 1.807) is 6.92 Å². The quantitative estimate of drug-likeness (QED) is 0.791. The van der Waals surface area contributed by atoms with Crippen LogP contribution in [0.25, 0.3) is 0 Å². The number of ether oxygens (including phenoxy) is 1. The van der Waals surface area contributed by atoms with Gasteiger partial charge >= 0.3 is 5.97 Å². The zero-order valence-corrected chi connectivity index (χ0v) is 15.4. The van der Waals surface area contributed by atoms with Crippen molar-refractivity contribution >= 4 is 17.6 Å². The number of hydrogen-bond donors (Lipinski definition) is 1. The van der Waals surface area contributed by atoms with Crippen molar-refractivity contribution in [3.63, 3.8) is 0 Å². The lowest BCUT2D eigenvalue weighted by Crippen LogP contribution is -2.46. The van der Waals surface area contributed by atoms with Crippen molar-refractivity contribution in [2.45, 2.75) is 70.0 Å². The Kier molecular flexibility index (Phi) is 4.88. The van der Waals surface area contributed by atoms with Crippen LogP contribution in [0.4, 0.5) is 5.69 Å². The number of amides is 1. The van der Waals surface area contributed by atoms with E-state index in [1.807, 2.05) is 0 Å². The Balaban J connectivity index is 1.59. The summed E-state index contributed by atoms with van der Waals surface area (Å²) < 4.78 is 5.00. The van der Waals surface area contributed by atoms with Gasteiger partial charge in [0.2, 0.25) is 5.91 Å². The first-order valence-electron chi connectivity index (χ1n) is 10.0. The lowest BCUT2D eigenvalue weighted by atomic mass is 9.83. The maximum absolute atomic E-state index is 13.1. The molecule has 26 heavy (non-hydrogen) atoms. The second kappa shape index (κ2) is 7.29. The molecule has 3 atom stereocenters. The van der Waals surface area contributed by atoms with E-state index in [0.717, 1.165) is 19.3 Å². The first-order valence-corrected chi connectivity index (χ1v) is 10.0. The van der Waals surface area contributed by atoms with E-state index < -0.39 is 0 Å². The van der Waals surface area contributed by atoms with Crippen molar-refractivity contribution in [1.29, 1.82) is 0 Å². The van der Waals surface area contributed by atoms with Crippen molar-refractivity contribution in [3.8, 4) is 0 Å². The number of rotatable bonds is 6. The zero-order valence-electron chi connectivity index (χ0n) is 15.4. The highest BCUT2D eigenvalue weighted by atomic mass is 16.5. The third kappa shape index (κ3) is 3.31. The molecule has 5 heteroatoms. The maximum Gasteiger partial charge on any atom is 0.306 e. The minimum absolute atomic E-state index is 0.105. The number of hydrogen-bond acceptors (Lipinski definition) is 4. The highest BCUT2D eigenvalue weighted by molar-refractivity contribution is 5.82. The number of fused-ring (bicyclic) bond motifs is 2. The van der Waals surface area contributed by atoms with Gasteiger partial charge in [0.25, 0.3) is 0 Å². The topological polar surface area (TPSA) is 58.6 Å². The van der Waals surface area contributed by atoms with Crippen molar-refractivity contribution in [1.82, 2.24) is 4.90 Å². The van der Waals surface area contributed by atoms with Crippen LogP contribution in [-0.2, 0) is 14.3 Å². The summed E-state index contributed by atoms with van der Waals surface area (Å²) in [5.41, 5.74) is 2.41. The summed E-state index contributed by atoms with van der Waals surface area (Å²) in [5, 5.41) is 3.70. The number of carbonyl (C=O) groups excluding carboxylic acids is 2. The Hall–Kier alpha value is -2.04. The van der Waals surface area contributed by atoms with E-state index in [-0.39, 0.29) is 30.8 Å². The average Bonchev–Trinajstić information content (AvgIpc) is 3.36. The molecule has 1 aromatic carbocycles. The molecule has 1 heterocycles. The molecule has 140 valence electrons. The lowest BCUT2D eigenvalue weighted by Gasteiger charge is -2.43. The molecule has 3 unspecified atom stereocenters. The van der Waals surface area contributed by atoms with Gasteiger partial charge in [-0.1, -0.05) is 24.6 Å². The first kappa shape index (κ1) is 17.4. The summed E-state index contributed by atoms with van der Waals surface area (Å²) in [6, 6.07) is 9.35. The third-order valence-electron chi connectivity index (χ3n) is 5.97. The standard InChI is InChI=1S/C21H28N2O3/c1-2-26-20(25)13-12-19(24)23(14-10-11-14)21-15-6-3-4-8-17(15)22-18-9-5-7-16(18)21/h3-4,6,8,14,16,18,21-22H,2,5,7,9-13H2,1H3. The van der Waals surface area contributed by atoms with Crippen LogP contribution in [-0.4, -0.2) is 35.5 Å². The molecule has 0 aromatic heterocycles. The molecule has 4 rings (SSSR count). The molecule has 2 saturated carbocycles. The van der Waals surface area contributed by atoms with Crippen LogP contribution in [0.1, 0.15) is 63.5 Å². The number of para-hydroxylation sites is 1. The fourth-order valence-corrected chi connectivity index (χ4v) is 4.73. The number of nitrogens with one attached hydrogen (secondary N) is 1. The second-order valence-corrected chi connectivity index (χ2v) is 7.71. The molecular formula is C21H28N2O3. The molecule has 0 saturated heterocycles. The Morgan fingerprint density at radius 3 is 2.73 bits per heavy atom. The van der Waals surface area contributed by atoms with Crippen LogP contribution in [0.2, 0.25) is 0 Å². The molecule has 0 radical (unpaired) electrons. The summed E-state index contributed by atoms with van der Waals surface area (Å²) >= 11 is 0. The minimum Gasteiger partial charge on any atom is -0.466 e. The molecule has 0 bridgehead atoms. The highest BCUT2D eigenvalue weighted by Crippen LogP contribution is 2.50. The van der Waals surface area contributed by atoms with Crippen LogP contribution in [0.15, 0.2) is 24.3 Å². The zero-order chi connectivity index (χ0) is 18.1. The third-order valence-corrected chi connectivity index (χ3v) is 5.97. The molecule has 1 aliphatic heterocycles. The van der Waals surface area contributed by atoms with Crippen LogP contribution in [0.3, 0.4) is 0 Å². The molecule has 3 aliphatic rings. The fourth-order valence-electron chi connectivity index (χ4n) is 4.73. The van der Waals surface area contributed by atoms with E-state index in [4.69, 9.17) is 4.74 Å². The van der Waals surface area contributed by atoms with Gasteiger partial charge in [-0.05, 0) is 44.2 Å². The molecule has 1 aromatic rings. The molecule has 1 amide bonds. The number of anilines is 1. The van der Waals surface area contributed by atoms with Gasteiger partial charge in [0.05, 0.1) is 19.1 Å². The maximum atomic E-state index is 13.1. The van der Waals surface area contributed by atoms with E-state index in [9.17, 15) is 9.59 Å². The van der Waals surface area contributed by atoms with Gasteiger partial charge in [-0.2, -0.15) is 0 Å². The first-order chi connectivity index (χ1) is 12.7. The van der Waals surface area contributed by atoms with Gasteiger partial charge in [0.15, 0.2) is 0 Å². The fraction of sp³-hybridized carbons (Fsp3) is 0.619. The smallest absolute Gasteiger partial charge is 0.306 e. The minimum atomic E-state index is -0.277. The van der Waals surface area contributed by atoms with Crippen molar-refractivity contribution in [2.24, 2.45) is 5.92 Å². The summed E-state index contributed by atoms with van der Waals surface area (Å²) in [5.74, 6) is 0.297. The van der Waals surface area contributed by atoms with Crippen LogP contribution >= 0.6 is 0 Å². The van der Waals surface area contributed by atoms with Crippen molar-refractivity contribution in [2.75, 3.05) is 11.9 Å². The monoisotopic (exact) mass is 356 g/mol. The van der Waals surface area contributed by atoms with Gasteiger partial charge in [0, 0.05) is 30.1 Å². The Bertz CT molecular complexity index is 686.